The van der Waals surface area contributed by atoms with E-state index in [4.69, 9.17) is 27.1 Å². The van der Waals surface area contributed by atoms with Crippen molar-refractivity contribution in [2.75, 3.05) is 12.3 Å². The van der Waals surface area contributed by atoms with E-state index in [2.05, 4.69) is 6.58 Å². The largest absolute Gasteiger partial charge is 0.466 e. The average molecular weight is 399 g/mol. The summed E-state index contributed by atoms with van der Waals surface area (Å²) in [6.07, 6.45) is 5.76. The highest BCUT2D eigenvalue weighted by molar-refractivity contribution is 6.31. The van der Waals surface area contributed by atoms with Gasteiger partial charge in [0.15, 0.2) is 0 Å². The monoisotopic (exact) mass is 398 g/mol. The van der Waals surface area contributed by atoms with Crippen LogP contribution in [0.15, 0.2) is 24.8 Å². The number of benzene rings is 1. The average Bonchev–Trinajstić information content (AvgIpc) is 2.66. The van der Waals surface area contributed by atoms with Crippen molar-refractivity contribution in [1.29, 1.82) is 0 Å². The van der Waals surface area contributed by atoms with Crippen LogP contribution in [0.4, 0.5) is 5.69 Å². The quantitative estimate of drug-likeness (QED) is 0.653. The van der Waals surface area contributed by atoms with Crippen molar-refractivity contribution in [3.8, 4) is 0 Å². The summed E-state index contributed by atoms with van der Waals surface area (Å²) in [5.74, 6) is 1.36. The second-order valence-electron chi connectivity index (χ2n) is 8.14. The lowest BCUT2D eigenvalue weighted by atomic mass is 9.64. The Morgan fingerprint density at radius 3 is 2.89 bits per heavy atom. The molecule has 0 aliphatic heterocycles. The number of carbonyl (C=O) groups is 1. The standard InChI is InChI=1S/C23H27ClN2O2/c1-3-28-20(27)6-4-5-14-9-15-11-16(10-14)21-22(25)18-8-7-17(24)12-19(18)26-23(21)13(15)2/h7-8,12,14-16H,2-6,9-11H2,1H3,(H2,25,26). The summed E-state index contributed by atoms with van der Waals surface area (Å²) in [6.45, 7) is 6.69. The van der Waals surface area contributed by atoms with Gasteiger partial charge in [-0.15, -0.1) is 0 Å². The number of hydrogen-bond donors (Lipinski definition) is 1. The molecule has 0 saturated heterocycles. The number of anilines is 1. The van der Waals surface area contributed by atoms with Gasteiger partial charge in [-0.05, 0) is 80.6 Å². The maximum Gasteiger partial charge on any atom is 0.305 e. The van der Waals surface area contributed by atoms with E-state index >= 15 is 0 Å². The Labute approximate surface area is 171 Å². The van der Waals surface area contributed by atoms with Crippen LogP contribution in [0.25, 0.3) is 16.5 Å². The number of pyridine rings is 1. The molecule has 4 rings (SSSR count). The summed E-state index contributed by atoms with van der Waals surface area (Å²) in [4.78, 5) is 16.5. The zero-order valence-corrected chi connectivity index (χ0v) is 17.1. The molecule has 3 atom stereocenters. The number of nitrogens with zero attached hydrogens (tertiary/aromatic N) is 1. The summed E-state index contributed by atoms with van der Waals surface area (Å²) in [5, 5.41) is 1.64. The Kier molecular flexibility index (Phi) is 5.33. The van der Waals surface area contributed by atoms with Crippen molar-refractivity contribution in [2.24, 2.45) is 11.8 Å². The van der Waals surface area contributed by atoms with Crippen LogP contribution < -0.4 is 5.73 Å². The predicted octanol–water partition coefficient (Wildman–Crippen LogP) is 5.73. The molecule has 2 bridgehead atoms. The SMILES string of the molecule is C=C1c2nc3cc(Cl)ccc3c(N)c2C2CC(CCCC(=O)OCC)CC1C2. The molecule has 1 aromatic carbocycles. The molecule has 2 aliphatic carbocycles. The van der Waals surface area contributed by atoms with E-state index in [-0.39, 0.29) is 5.97 Å². The van der Waals surface area contributed by atoms with Crippen molar-refractivity contribution in [2.45, 2.75) is 51.4 Å². The molecule has 1 fully saturated rings. The lowest BCUT2D eigenvalue weighted by molar-refractivity contribution is -0.143. The molecule has 0 amide bonds. The molecule has 0 radical (unpaired) electrons. The van der Waals surface area contributed by atoms with Gasteiger partial charge in [-0.25, -0.2) is 4.98 Å². The van der Waals surface area contributed by atoms with E-state index in [1.54, 1.807) is 0 Å². The minimum absolute atomic E-state index is 0.0909. The first kappa shape index (κ1) is 19.3. The van der Waals surface area contributed by atoms with Crippen LogP contribution in [0, 0.1) is 11.8 Å². The lowest BCUT2D eigenvalue weighted by Crippen LogP contribution is -2.29. The number of esters is 1. The zero-order valence-electron chi connectivity index (χ0n) is 16.3. The van der Waals surface area contributed by atoms with Gasteiger partial charge < -0.3 is 10.5 Å². The normalized spacial score (nSPS) is 23.5. The van der Waals surface area contributed by atoms with Gasteiger partial charge in [0, 0.05) is 28.1 Å². The third-order valence-electron chi connectivity index (χ3n) is 6.34. The topological polar surface area (TPSA) is 65.2 Å². The molecule has 1 saturated carbocycles. The smallest absolute Gasteiger partial charge is 0.305 e. The summed E-state index contributed by atoms with van der Waals surface area (Å²) < 4.78 is 5.05. The van der Waals surface area contributed by atoms with Gasteiger partial charge >= 0.3 is 5.97 Å². The van der Waals surface area contributed by atoms with Gasteiger partial charge in [0.1, 0.15) is 0 Å². The number of hydrogen-bond acceptors (Lipinski definition) is 4. The molecule has 3 unspecified atom stereocenters. The van der Waals surface area contributed by atoms with Gasteiger partial charge in [0.05, 0.1) is 17.8 Å². The molecule has 2 aliphatic rings. The molecule has 148 valence electrons. The van der Waals surface area contributed by atoms with Crippen molar-refractivity contribution >= 4 is 39.7 Å². The van der Waals surface area contributed by atoms with Gasteiger partial charge in [-0.2, -0.15) is 0 Å². The van der Waals surface area contributed by atoms with Crippen LogP contribution in [-0.2, 0) is 9.53 Å². The van der Waals surface area contributed by atoms with Gasteiger partial charge in [-0.1, -0.05) is 18.2 Å². The number of aromatic nitrogens is 1. The first-order valence-corrected chi connectivity index (χ1v) is 10.6. The van der Waals surface area contributed by atoms with E-state index in [1.165, 1.54) is 5.56 Å². The van der Waals surface area contributed by atoms with E-state index in [1.807, 2.05) is 25.1 Å². The number of halogens is 1. The van der Waals surface area contributed by atoms with Crippen molar-refractivity contribution in [1.82, 2.24) is 4.98 Å². The zero-order chi connectivity index (χ0) is 19.8. The lowest BCUT2D eigenvalue weighted by Gasteiger charge is -2.42. The van der Waals surface area contributed by atoms with Crippen LogP contribution in [-0.4, -0.2) is 17.6 Å². The Hall–Kier alpha value is -2.07. The van der Waals surface area contributed by atoms with Crippen molar-refractivity contribution in [3.05, 3.63) is 41.1 Å². The Morgan fingerprint density at radius 2 is 2.11 bits per heavy atom. The van der Waals surface area contributed by atoms with Crippen LogP contribution in [0.1, 0.15) is 62.6 Å². The molecule has 4 nitrogen and oxygen atoms in total. The maximum absolute atomic E-state index is 11.6. The van der Waals surface area contributed by atoms with E-state index < -0.39 is 0 Å². The van der Waals surface area contributed by atoms with Crippen molar-refractivity contribution in [3.63, 3.8) is 0 Å². The number of fused-ring (bicyclic) bond motifs is 5. The van der Waals surface area contributed by atoms with Gasteiger partial charge in [-0.3, -0.25) is 4.79 Å². The van der Waals surface area contributed by atoms with Crippen LogP contribution in [0.5, 0.6) is 0 Å². The molecule has 1 aromatic heterocycles. The summed E-state index contributed by atoms with van der Waals surface area (Å²) >= 11 is 6.16. The highest BCUT2D eigenvalue weighted by Gasteiger charge is 2.39. The first-order chi connectivity index (χ1) is 13.5. The Balaban J connectivity index is 1.58. The molecule has 28 heavy (non-hydrogen) atoms. The van der Waals surface area contributed by atoms with Crippen LogP contribution in [0.3, 0.4) is 0 Å². The Bertz CT molecular complexity index is 940. The summed E-state index contributed by atoms with van der Waals surface area (Å²) in [5.41, 5.74) is 11.6. The van der Waals surface area contributed by atoms with Crippen LogP contribution in [0.2, 0.25) is 5.02 Å². The molecule has 5 heteroatoms. The van der Waals surface area contributed by atoms with Gasteiger partial charge in [0.2, 0.25) is 0 Å². The second-order valence-corrected chi connectivity index (χ2v) is 8.58. The number of rotatable bonds is 5. The Morgan fingerprint density at radius 1 is 1.32 bits per heavy atom. The third-order valence-corrected chi connectivity index (χ3v) is 6.57. The number of allylic oxidation sites excluding steroid dienone is 1. The number of ether oxygens (including phenoxy) is 1. The summed E-state index contributed by atoms with van der Waals surface area (Å²) in [7, 11) is 0. The second kappa shape index (κ2) is 7.75. The predicted molar refractivity (Wildman–Crippen MR) is 114 cm³/mol. The fourth-order valence-electron chi connectivity index (χ4n) is 5.09. The number of nitrogens with two attached hydrogens (primary N) is 1. The highest BCUT2D eigenvalue weighted by atomic mass is 35.5. The molecule has 2 N–H and O–H groups in total. The first-order valence-electron chi connectivity index (χ1n) is 10.2. The third kappa shape index (κ3) is 3.50. The number of carbonyl (C=O) groups excluding carboxylic acids is 1. The molecule has 2 aromatic rings. The van der Waals surface area contributed by atoms with E-state index in [0.29, 0.717) is 35.8 Å². The van der Waals surface area contributed by atoms with E-state index in [0.717, 1.165) is 60.0 Å². The van der Waals surface area contributed by atoms with Gasteiger partial charge in [0.25, 0.3) is 0 Å². The van der Waals surface area contributed by atoms with E-state index in [9.17, 15) is 4.79 Å². The summed E-state index contributed by atoms with van der Waals surface area (Å²) in [6, 6.07) is 5.71. The molecular formula is C23H27ClN2O2. The minimum atomic E-state index is -0.0909. The molecule has 1 heterocycles. The minimum Gasteiger partial charge on any atom is -0.466 e. The fourth-order valence-corrected chi connectivity index (χ4v) is 5.26. The van der Waals surface area contributed by atoms with Crippen molar-refractivity contribution < 1.29 is 9.53 Å². The molecule has 0 spiro atoms. The number of nitrogen functional groups attached to an aromatic ring is 1. The van der Waals surface area contributed by atoms with Crippen LogP contribution >= 0.6 is 11.6 Å². The molecular weight excluding hydrogens is 372 g/mol. The highest BCUT2D eigenvalue weighted by Crippen LogP contribution is 2.53. The fraction of sp³-hybridized carbons (Fsp3) is 0.478. The maximum atomic E-state index is 11.6.